The largest absolute Gasteiger partial charge is 0.492 e. The summed E-state index contributed by atoms with van der Waals surface area (Å²) in [6.45, 7) is 1.80. The zero-order chi connectivity index (χ0) is 14.7. The summed E-state index contributed by atoms with van der Waals surface area (Å²) in [6.07, 6.45) is 5.99. The Balaban J connectivity index is 1.62. The Morgan fingerprint density at radius 3 is 2.81 bits per heavy atom. The number of carbonyl (C=O) groups is 1. The summed E-state index contributed by atoms with van der Waals surface area (Å²) in [7, 11) is 0. The molecule has 1 aliphatic carbocycles. The molecule has 114 valence electrons. The molecule has 1 aromatic carbocycles. The normalized spacial score (nSPS) is 23.2. The highest BCUT2D eigenvalue weighted by Gasteiger charge is 2.34. The molecule has 4 heteroatoms. The van der Waals surface area contributed by atoms with E-state index >= 15 is 0 Å². The molecule has 1 fully saturated rings. The Labute approximate surface area is 126 Å². The molecule has 1 unspecified atom stereocenters. The van der Waals surface area contributed by atoms with Crippen LogP contribution in [0, 0.1) is 5.41 Å². The number of hydrogen-bond donors (Lipinski definition) is 2. The van der Waals surface area contributed by atoms with Gasteiger partial charge in [0, 0.05) is 12.1 Å². The second-order valence-electron chi connectivity index (χ2n) is 6.38. The highest BCUT2D eigenvalue weighted by molar-refractivity contribution is 5.85. The molecule has 0 aromatic heterocycles. The number of ether oxygens (including phenoxy) is 1. The summed E-state index contributed by atoms with van der Waals surface area (Å²) >= 11 is 0. The predicted molar refractivity (Wildman–Crippen MR) is 82.3 cm³/mol. The van der Waals surface area contributed by atoms with Gasteiger partial charge < -0.3 is 15.8 Å². The topological polar surface area (TPSA) is 64.3 Å². The first-order chi connectivity index (χ1) is 10.2. The first-order valence-corrected chi connectivity index (χ1v) is 7.94. The number of rotatable bonds is 4. The molecule has 3 rings (SSSR count). The molecular formula is C17H24N2O2. The first kappa shape index (κ1) is 14.4. The van der Waals surface area contributed by atoms with Crippen LogP contribution in [0.1, 0.15) is 43.6 Å². The Morgan fingerprint density at radius 1 is 1.29 bits per heavy atom. The molecule has 4 nitrogen and oxygen atoms in total. The number of nitrogens with one attached hydrogen (secondary N) is 1. The SMILES string of the molecule is NCC1(CNC(=O)C2COc3ccccc32)CCCCC1. The Morgan fingerprint density at radius 2 is 2.05 bits per heavy atom. The van der Waals surface area contributed by atoms with Crippen molar-refractivity contribution >= 4 is 5.91 Å². The van der Waals surface area contributed by atoms with Crippen LogP contribution in [0.25, 0.3) is 0 Å². The predicted octanol–water partition coefficient (Wildman–Crippen LogP) is 2.19. The molecule has 21 heavy (non-hydrogen) atoms. The number of amides is 1. The minimum absolute atomic E-state index is 0.0679. The van der Waals surface area contributed by atoms with Gasteiger partial charge in [-0.1, -0.05) is 37.5 Å². The average Bonchev–Trinajstić information content (AvgIpc) is 2.98. The number of hydrogen-bond acceptors (Lipinski definition) is 3. The molecule has 1 aromatic rings. The van der Waals surface area contributed by atoms with Crippen molar-refractivity contribution in [1.29, 1.82) is 0 Å². The van der Waals surface area contributed by atoms with Crippen LogP contribution in [0.4, 0.5) is 0 Å². The lowest BCUT2D eigenvalue weighted by Crippen LogP contribution is -2.45. The molecule has 1 atom stereocenters. The lowest BCUT2D eigenvalue weighted by molar-refractivity contribution is -0.123. The molecule has 0 spiro atoms. The molecule has 0 bridgehead atoms. The first-order valence-electron chi connectivity index (χ1n) is 7.94. The van der Waals surface area contributed by atoms with Crippen LogP contribution in [-0.4, -0.2) is 25.6 Å². The lowest BCUT2D eigenvalue weighted by atomic mass is 9.74. The summed E-state index contributed by atoms with van der Waals surface area (Å²) in [5, 5.41) is 3.13. The van der Waals surface area contributed by atoms with E-state index in [-0.39, 0.29) is 17.2 Å². The zero-order valence-corrected chi connectivity index (χ0v) is 12.4. The molecule has 1 heterocycles. The van der Waals surface area contributed by atoms with Gasteiger partial charge in [-0.25, -0.2) is 0 Å². The number of carbonyl (C=O) groups excluding carboxylic acids is 1. The van der Waals surface area contributed by atoms with E-state index in [0.717, 1.165) is 24.2 Å². The Bertz CT molecular complexity index is 509. The number of fused-ring (bicyclic) bond motifs is 1. The van der Waals surface area contributed by atoms with Crippen LogP contribution in [0.3, 0.4) is 0 Å². The molecule has 1 amide bonds. The van der Waals surface area contributed by atoms with E-state index in [0.29, 0.717) is 19.7 Å². The third-order valence-corrected chi connectivity index (χ3v) is 5.00. The number of para-hydroxylation sites is 1. The van der Waals surface area contributed by atoms with Gasteiger partial charge in [0.1, 0.15) is 18.3 Å². The number of benzene rings is 1. The smallest absolute Gasteiger partial charge is 0.231 e. The second-order valence-corrected chi connectivity index (χ2v) is 6.38. The van der Waals surface area contributed by atoms with Gasteiger partial charge in [0.15, 0.2) is 0 Å². The van der Waals surface area contributed by atoms with Gasteiger partial charge in [0.05, 0.1) is 0 Å². The van der Waals surface area contributed by atoms with Crippen LogP contribution >= 0.6 is 0 Å². The maximum absolute atomic E-state index is 12.5. The summed E-state index contributed by atoms with van der Waals surface area (Å²) in [4.78, 5) is 12.5. The van der Waals surface area contributed by atoms with Gasteiger partial charge in [-0.2, -0.15) is 0 Å². The van der Waals surface area contributed by atoms with Gasteiger partial charge in [-0.3, -0.25) is 4.79 Å². The van der Waals surface area contributed by atoms with E-state index < -0.39 is 0 Å². The Kier molecular flexibility index (Phi) is 4.15. The van der Waals surface area contributed by atoms with E-state index in [1.807, 2.05) is 24.3 Å². The summed E-state index contributed by atoms with van der Waals surface area (Å²) in [6, 6.07) is 7.79. The zero-order valence-electron chi connectivity index (χ0n) is 12.4. The van der Waals surface area contributed by atoms with Gasteiger partial charge in [-0.05, 0) is 30.9 Å². The summed E-state index contributed by atoms with van der Waals surface area (Å²) in [5.74, 6) is 0.724. The van der Waals surface area contributed by atoms with Crippen molar-refractivity contribution in [2.24, 2.45) is 11.1 Å². The molecular weight excluding hydrogens is 264 g/mol. The van der Waals surface area contributed by atoms with Gasteiger partial charge in [-0.15, -0.1) is 0 Å². The molecule has 0 saturated heterocycles. The summed E-state index contributed by atoms with van der Waals surface area (Å²) < 4.78 is 5.59. The fourth-order valence-electron chi connectivity index (χ4n) is 3.53. The van der Waals surface area contributed by atoms with E-state index in [1.54, 1.807) is 0 Å². The van der Waals surface area contributed by atoms with E-state index in [4.69, 9.17) is 10.5 Å². The lowest BCUT2D eigenvalue weighted by Gasteiger charge is -2.36. The van der Waals surface area contributed by atoms with Crippen LogP contribution in [0.15, 0.2) is 24.3 Å². The third kappa shape index (κ3) is 2.91. The van der Waals surface area contributed by atoms with Crippen molar-refractivity contribution in [2.75, 3.05) is 19.7 Å². The van der Waals surface area contributed by atoms with Crippen molar-refractivity contribution in [3.05, 3.63) is 29.8 Å². The average molecular weight is 288 g/mol. The van der Waals surface area contributed by atoms with E-state index in [2.05, 4.69) is 5.32 Å². The van der Waals surface area contributed by atoms with Crippen molar-refractivity contribution in [1.82, 2.24) is 5.32 Å². The molecule has 0 radical (unpaired) electrons. The van der Waals surface area contributed by atoms with Crippen LogP contribution in [0.2, 0.25) is 0 Å². The van der Waals surface area contributed by atoms with E-state index in [9.17, 15) is 4.79 Å². The highest BCUT2D eigenvalue weighted by Crippen LogP contribution is 2.36. The fraction of sp³-hybridized carbons (Fsp3) is 0.588. The molecule has 2 aliphatic rings. The quantitative estimate of drug-likeness (QED) is 0.892. The maximum atomic E-state index is 12.5. The maximum Gasteiger partial charge on any atom is 0.231 e. The van der Waals surface area contributed by atoms with Crippen LogP contribution < -0.4 is 15.8 Å². The molecule has 3 N–H and O–H groups in total. The third-order valence-electron chi connectivity index (χ3n) is 5.00. The second kappa shape index (κ2) is 6.06. The minimum atomic E-state index is -0.181. The number of nitrogens with two attached hydrogens (primary N) is 1. The van der Waals surface area contributed by atoms with Gasteiger partial charge in [0.25, 0.3) is 0 Å². The fourth-order valence-corrected chi connectivity index (χ4v) is 3.53. The highest BCUT2D eigenvalue weighted by atomic mass is 16.5. The van der Waals surface area contributed by atoms with Crippen LogP contribution in [0.5, 0.6) is 5.75 Å². The molecule has 1 aliphatic heterocycles. The van der Waals surface area contributed by atoms with Crippen molar-refractivity contribution in [3.63, 3.8) is 0 Å². The minimum Gasteiger partial charge on any atom is -0.492 e. The van der Waals surface area contributed by atoms with Crippen molar-refractivity contribution < 1.29 is 9.53 Å². The van der Waals surface area contributed by atoms with Crippen LogP contribution in [-0.2, 0) is 4.79 Å². The van der Waals surface area contributed by atoms with Crippen molar-refractivity contribution in [3.8, 4) is 5.75 Å². The van der Waals surface area contributed by atoms with Crippen molar-refractivity contribution in [2.45, 2.75) is 38.0 Å². The molecule has 1 saturated carbocycles. The summed E-state index contributed by atoms with van der Waals surface area (Å²) in [5.41, 5.74) is 7.08. The Hall–Kier alpha value is -1.55. The van der Waals surface area contributed by atoms with E-state index in [1.165, 1.54) is 19.3 Å². The monoisotopic (exact) mass is 288 g/mol. The van der Waals surface area contributed by atoms with Gasteiger partial charge in [0.2, 0.25) is 5.91 Å². The standard InChI is InChI=1S/C17H24N2O2/c18-11-17(8-4-1-5-9-17)12-19-16(20)14-10-21-15-7-3-2-6-13(14)15/h2-3,6-7,14H,1,4-5,8-12,18H2,(H,19,20). The van der Waals surface area contributed by atoms with Gasteiger partial charge >= 0.3 is 0 Å².